The molecule has 0 bridgehead atoms. The first-order chi connectivity index (χ1) is 14.2. The first-order valence-electron chi connectivity index (χ1n) is 10.0. The van der Waals surface area contributed by atoms with E-state index >= 15 is 0 Å². The zero-order valence-corrected chi connectivity index (χ0v) is 16.8. The van der Waals surface area contributed by atoms with Gasteiger partial charge in [0.05, 0.1) is 26.2 Å². The summed E-state index contributed by atoms with van der Waals surface area (Å²) in [6, 6.07) is 25.0. The van der Waals surface area contributed by atoms with Gasteiger partial charge < -0.3 is 15.1 Å². The lowest BCUT2D eigenvalue weighted by molar-refractivity contribution is -0.928. The monoisotopic (exact) mass is 404 g/mol. The lowest BCUT2D eigenvalue weighted by Gasteiger charge is -2.36. The zero-order chi connectivity index (χ0) is 19.8. The summed E-state index contributed by atoms with van der Waals surface area (Å²) >= 11 is 6.02. The molecule has 4 nitrogen and oxygen atoms in total. The largest absolute Gasteiger partial charge is 0.322 e. The van der Waals surface area contributed by atoms with E-state index in [1.54, 1.807) is 12.1 Å². The number of amides is 2. The fraction of sp³-hybridized carbons (Fsp3) is 0.208. The Labute approximate surface area is 175 Å². The Morgan fingerprint density at radius 1 is 0.897 bits per heavy atom. The number of anilines is 1. The third kappa shape index (κ3) is 3.39. The summed E-state index contributed by atoms with van der Waals surface area (Å²) in [6.45, 7) is 3.33. The Kier molecular flexibility index (Phi) is 4.74. The van der Waals surface area contributed by atoms with Crippen LogP contribution < -0.4 is 10.2 Å². The van der Waals surface area contributed by atoms with Crippen molar-refractivity contribution >= 4 is 23.3 Å². The van der Waals surface area contributed by atoms with E-state index in [1.165, 1.54) is 27.2 Å². The third-order valence-electron chi connectivity index (χ3n) is 6.01. The SMILES string of the molecule is O=C(Nc1cccc(Cl)c1)N1CC[NH+](C2c3ccccc3-c3ccccc32)CC1. The smallest absolute Gasteiger partial charge is 0.322 e. The highest BCUT2D eigenvalue weighted by atomic mass is 35.5. The van der Waals surface area contributed by atoms with Gasteiger partial charge in [-0.05, 0) is 29.3 Å². The molecule has 2 N–H and O–H groups in total. The topological polar surface area (TPSA) is 36.8 Å². The molecule has 1 fully saturated rings. The second kappa shape index (κ2) is 7.54. The predicted octanol–water partition coefficient (Wildman–Crippen LogP) is 3.84. The van der Waals surface area contributed by atoms with Crippen molar-refractivity contribution < 1.29 is 9.69 Å². The first kappa shape index (κ1) is 18.2. The van der Waals surface area contributed by atoms with Gasteiger partial charge in [0.1, 0.15) is 6.04 Å². The van der Waals surface area contributed by atoms with Crippen molar-refractivity contribution in [1.82, 2.24) is 4.90 Å². The van der Waals surface area contributed by atoms with Gasteiger partial charge in [-0.3, -0.25) is 0 Å². The van der Waals surface area contributed by atoms with E-state index in [2.05, 4.69) is 53.8 Å². The summed E-state index contributed by atoms with van der Waals surface area (Å²) in [5, 5.41) is 3.58. The maximum atomic E-state index is 12.7. The van der Waals surface area contributed by atoms with Crippen LogP contribution in [0.4, 0.5) is 10.5 Å². The van der Waals surface area contributed by atoms with Crippen molar-refractivity contribution in [1.29, 1.82) is 0 Å². The molecule has 3 aromatic rings. The van der Waals surface area contributed by atoms with E-state index in [1.807, 2.05) is 17.0 Å². The number of hydrogen-bond acceptors (Lipinski definition) is 1. The lowest BCUT2D eigenvalue weighted by atomic mass is 10.0. The number of fused-ring (bicyclic) bond motifs is 3. The number of hydrogen-bond donors (Lipinski definition) is 2. The quantitative estimate of drug-likeness (QED) is 0.669. The molecule has 146 valence electrons. The first-order valence-corrected chi connectivity index (χ1v) is 10.4. The summed E-state index contributed by atoms with van der Waals surface area (Å²) in [7, 11) is 0. The van der Waals surface area contributed by atoms with Crippen LogP contribution in [0, 0.1) is 0 Å². The van der Waals surface area contributed by atoms with Crippen molar-refractivity contribution in [3.8, 4) is 11.1 Å². The maximum absolute atomic E-state index is 12.7. The van der Waals surface area contributed by atoms with Gasteiger partial charge in [0.15, 0.2) is 0 Å². The van der Waals surface area contributed by atoms with Gasteiger partial charge in [-0.2, -0.15) is 0 Å². The van der Waals surface area contributed by atoms with Gasteiger partial charge in [-0.1, -0.05) is 66.2 Å². The van der Waals surface area contributed by atoms with E-state index in [-0.39, 0.29) is 6.03 Å². The number of benzene rings is 3. The Hall–Kier alpha value is -2.82. The normalized spacial score (nSPS) is 16.4. The maximum Gasteiger partial charge on any atom is 0.322 e. The van der Waals surface area contributed by atoms with Crippen LogP contribution in [0.2, 0.25) is 5.02 Å². The summed E-state index contributed by atoms with van der Waals surface area (Å²) < 4.78 is 0. The number of quaternary nitrogens is 1. The zero-order valence-electron chi connectivity index (χ0n) is 16.1. The van der Waals surface area contributed by atoms with E-state index < -0.39 is 0 Å². The number of rotatable bonds is 2. The molecule has 1 aliphatic carbocycles. The Morgan fingerprint density at radius 2 is 1.52 bits per heavy atom. The summed E-state index contributed by atoms with van der Waals surface area (Å²) in [5.41, 5.74) is 6.24. The molecule has 1 saturated heterocycles. The third-order valence-corrected chi connectivity index (χ3v) is 6.25. The number of piperazine rings is 1. The van der Waals surface area contributed by atoms with Crippen molar-refractivity contribution in [3.05, 3.63) is 88.9 Å². The van der Waals surface area contributed by atoms with Crippen LogP contribution in [-0.2, 0) is 0 Å². The Morgan fingerprint density at radius 3 is 2.14 bits per heavy atom. The summed E-state index contributed by atoms with van der Waals surface area (Å²) in [5.74, 6) is 0. The van der Waals surface area contributed by atoms with E-state index in [0.717, 1.165) is 31.9 Å². The molecule has 2 aliphatic rings. The minimum atomic E-state index is -0.0569. The fourth-order valence-electron chi connectivity index (χ4n) is 4.65. The van der Waals surface area contributed by atoms with Crippen LogP contribution in [-0.4, -0.2) is 37.1 Å². The van der Waals surface area contributed by atoms with E-state index in [4.69, 9.17) is 11.6 Å². The number of carbonyl (C=O) groups is 1. The average Bonchev–Trinajstić information content (AvgIpc) is 3.08. The van der Waals surface area contributed by atoms with E-state index in [9.17, 15) is 4.79 Å². The van der Waals surface area contributed by atoms with Crippen molar-refractivity contribution in [2.24, 2.45) is 0 Å². The van der Waals surface area contributed by atoms with Gasteiger partial charge in [-0.25, -0.2) is 4.79 Å². The number of urea groups is 1. The van der Waals surface area contributed by atoms with Crippen LogP contribution in [0.3, 0.4) is 0 Å². The molecule has 0 radical (unpaired) electrons. The molecule has 2 amide bonds. The number of halogens is 1. The molecular weight excluding hydrogens is 382 g/mol. The Balaban J connectivity index is 1.30. The van der Waals surface area contributed by atoms with Crippen molar-refractivity contribution in [3.63, 3.8) is 0 Å². The van der Waals surface area contributed by atoms with Gasteiger partial charge in [0.25, 0.3) is 0 Å². The lowest BCUT2D eigenvalue weighted by Crippen LogP contribution is -3.15. The van der Waals surface area contributed by atoms with Crippen LogP contribution in [0.1, 0.15) is 17.2 Å². The predicted molar refractivity (Wildman–Crippen MR) is 116 cm³/mol. The summed E-state index contributed by atoms with van der Waals surface area (Å²) in [4.78, 5) is 16.1. The molecule has 0 atom stereocenters. The van der Waals surface area contributed by atoms with E-state index in [0.29, 0.717) is 11.1 Å². The number of carbonyl (C=O) groups excluding carboxylic acids is 1. The standard InChI is InChI=1S/C24H22ClN3O/c25-17-6-5-7-18(16-17)26-24(29)28-14-12-27(13-15-28)23-21-10-3-1-8-19(21)20-9-2-4-11-22(20)23/h1-11,16,23H,12-15H2,(H,26,29)/p+1. The molecule has 3 aromatic carbocycles. The molecule has 0 saturated carbocycles. The fourth-order valence-corrected chi connectivity index (χ4v) is 4.84. The number of nitrogens with zero attached hydrogens (tertiary/aromatic N) is 1. The molecule has 29 heavy (non-hydrogen) atoms. The molecular formula is C24H23ClN3O+. The van der Waals surface area contributed by atoms with Crippen LogP contribution in [0.25, 0.3) is 11.1 Å². The number of nitrogens with one attached hydrogen (secondary N) is 2. The van der Waals surface area contributed by atoms with Crippen molar-refractivity contribution in [2.75, 3.05) is 31.5 Å². The molecule has 5 heteroatoms. The molecule has 0 unspecified atom stereocenters. The highest BCUT2D eigenvalue weighted by Crippen LogP contribution is 2.41. The molecule has 1 heterocycles. The molecule has 0 spiro atoms. The van der Waals surface area contributed by atoms with Crippen molar-refractivity contribution in [2.45, 2.75) is 6.04 Å². The second-order valence-corrected chi connectivity index (χ2v) is 8.13. The molecule has 0 aromatic heterocycles. The summed E-state index contributed by atoms with van der Waals surface area (Å²) in [6.07, 6.45) is 0. The van der Waals surface area contributed by atoms with Gasteiger partial charge in [-0.15, -0.1) is 0 Å². The highest BCUT2D eigenvalue weighted by Gasteiger charge is 2.38. The van der Waals surface area contributed by atoms with Gasteiger partial charge >= 0.3 is 6.03 Å². The molecule has 1 aliphatic heterocycles. The Bertz CT molecular complexity index is 1010. The van der Waals surface area contributed by atoms with Gasteiger partial charge in [0, 0.05) is 21.8 Å². The average molecular weight is 405 g/mol. The minimum Gasteiger partial charge on any atom is -0.322 e. The van der Waals surface area contributed by atoms with Gasteiger partial charge in [0.2, 0.25) is 0 Å². The second-order valence-electron chi connectivity index (χ2n) is 7.69. The van der Waals surface area contributed by atoms with Crippen LogP contribution >= 0.6 is 11.6 Å². The minimum absolute atomic E-state index is 0.0569. The molecule has 5 rings (SSSR count). The van der Waals surface area contributed by atoms with Crippen LogP contribution in [0.5, 0.6) is 0 Å². The highest BCUT2D eigenvalue weighted by molar-refractivity contribution is 6.30. The van der Waals surface area contributed by atoms with Crippen LogP contribution in [0.15, 0.2) is 72.8 Å².